The third-order valence-electron chi connectivity index (χ3n) is 5.31. The zero-order valence-corrected chi connectivity index (χ0v) is 15.2. The zero-order chi connectivity index (χ0) is 18.9. The van der Waals surface area contributed by atoms with Crippen molar-refractivity contribution in [2.24, 2.45) is 0 Å². The first kappa shape index (κ1) is 17.0. The normalized spacial score (nSPS) is 22.2. The molecule has 2 aliphatic rings. The minimum Gasteiger partial charge on any atom is -0.340 e. The Labute approximate surface area is 161 Å². The number of amides is 1. The van der Waals surface area contributed by atoms with E-state index in [2.05, 4.69) is 38.1 Å². The van der Waals surface area contributed by atoms with Crippen molar-refractivity contribution in [1.29, 1.82) is 0 Å². The third kappa shape index (κ3) is 3.17. The molecule has 0 aliphatic carbocycles. The van der Waals surface area contributed by atoms with E-state index in [9.17, 15) is 4.79 Å². The number of nitrogens with one attached hydrogen (secondary N) is 2. The van der Waals surface area contributed by atoms with Gasteiger partial charge in [-0.15, -0.1) is 0 Å². The second kappa shape index (κ2) is 7.14. The van der Waals surface area contributed by atoms with Crippen molar-refractivity contribution >= 4 is 5.91 Å². The number of benzene rings is 1. The van der Waals surface area contributed by atoms with Crippen molar-refractivity contribution in [3.63, 3.8) is 0 Å². The van der Waals surface area contributed by atoms with Crippen LogP contribution in [0.25, 0.3) is 11.4 Å². The molecule has 0 radical (unpaired) electrons. The quantitative estimate of drug-likeness (QED) is 0.715. The molecule has 2 unspecified atom stereocenters. The summed E-state index contributed by atoms with van der Waals surface area (Å²) in [6, 6.07) is 13.8. The summed E-state index contributed by atoms with van der Waals surface area (Å²) in [6.07, 6.45) is 4.14. The Hall–Kier alpha value is -3.10. The number of pyridine rings is 1. The Morgan fingerprint density at radius 3 is 2.75 bits per heavy atom. The van der Waals surface area contributed by atoms with Crippen LogP contribution in [0.3, 0.4) is 0 Å². The molecule has 2 N–H and O–H groups in total. The van der Waals surface area contributed by atoms with E-state index in [-0.39, 0.29) is 23.9 Å². The average Bonchev–Trinajstić information content (AvgIpc) is 3.38. The molecule has 2 atom stereocenters. The summed E-state index contributed by atoms with van der Waals surface area (Å²) in [4.78, 5) is 23.1. The molecule has 0 saturated carbocycles. The van der Waals surface area contributed by atoms with Crippen molar-refractivity contribution in [2.45, 2.75) is 24.4 Å². The average molecular weight is 376 g/mol. The summed E-state index contributed by atoms with van der Waals surface area (Å²) >= 11 is 0. The molecule has 5 rings (SSSR count). The molecule has 1 aromatic carbocycles. The van der Waals surface area contributed by atoms with Crippen LogP contribution in [0.1, 0.15) is 29.8 Å². The Morgan fingerprint density at radius 1 is 1.11 bits per heavy atom. The molecule has 142 valence electrons. The summed E-state index contributed by atoms with van der Waals surface area (Å²) in [7, 11) is 0. The molecule has 0 spiro atoms. The van der Waals surface area contributed by atoms with Crippen LogP contribution < -0.4 is 10.9 Å². The number of aromatic nitrogens is 3. The first-order valence-electron chi connectivity index (χ1n) is 9.37. The van der Waals surface area contributed by atoms with Gasteiger partial charge >= 0.3 is 0 Å². The number of hydrazine groups is 1. The first-order valence-corrected chi connectivity index (χ1v) is 9.37. The van der Waals surface area contributed by atoms with Gasteiger partial charge in [0.15, 0.2) is 0 Å². The van der Waals surface area contributed by atoms with Crippen LogP contribution in [-0.4, -0.2) is 45.1 Å². The van der Waals surface area contributed by atoms with Crippen LogP contribution in [0.2, 0.25) is 0 Å². The van der Waals surface area contributed by atoms with Crippen LogP contribution in [0.15, 0.2) is 59.4 Å². The fourth-order valence-corrected chi connectivity index (χ4v) is 3.67. The number of nitrogens with zero attached hydrogens (tertiary/aromatic N) is 4. The van der Waals surface area contributed by atoms with Crippen LogP contribution in [0, 0.1) is 0 Å². The van der Waals surface area contributed by atoms with Crippen molar-refractivity contribution in [2.75, 3.05) is 13.1 Å². The minimum atomic E-state index is -0.222. The van der Waals surface area contributed by atoms with Crippen LogP contribution in [-0.2, 0) is 4.79 Å². The number of carbonyl (C=O) groups is 1. The van der Waals surface area contributed by atoms with Crippen molar-refractivity contribution in [3.05, 3.63) is 66.3 Å². The van der Waals surface area contributed by atoms with Crippen LogP contribution in [0.5, 0.6) is 0 Å². The predicted octanol–water partition coefficient (Wildman–Crippen LogP) is 1.67. The van der Waals surface area contributed by atoms with Crippen LogP contribution >= 0.6 is 0 Å². The highest BCUT2D eigenvalue weighted by Crippen LogP contribution is 2.30. The van der Waals surface area contributed by atoms with Gasteiger partial charge in [-0.3, -0.25) is 9.78 Å². The largest absolute Gasteiger partial charge is 0.340 e. The van der Waals surface area contributed by atoms with Gasteiger partial charge in [-0.05, 0) is 24.1 Å². The van der Waals surface area contributed by atoms with Gasteiger partial charge in [-0.1, -0.05) is 35.5 Å². The molecule has 8 heteroatoms. The van der Waals surface area contributed by atoms with E-state index < -0.39 is 0 Å². The SMILES string of the molecule is O=C(C1CC(c2ccccc2)NN1)N1CC(c2nc(-c3cccnc3)no2)C1. The second-order valence-corrected chi connectivity index (χ2v) is 7.18. The molecular formula is C20H20N6O2. The maximum absolute atomic E-state index is 12.8. The lowest BCUT2D eigenvalue weighted by molar-refractivity contribution is -0.138. The molecule has 2 aromatic heterocycles. The topological polar surface area (TPSA) is 96.2 Å². The molecule has 2 saturated heterocycles. The highest BCUT2D eigenvalue weighted by Gasteiger charge is 2.40. The standard InChI is InChI=1S/C20H20N6O2/c27-20(17-9-16(23-24-17)13-5-2-1-3-6-13)26-11-15(12-26)19-22-18(25-28-19)14-7-4-8-21-10-14/h1-8,10,15-17,23-24H,9,11-12H2. The molecule has 2 fully saturated rings. The molecule has 8 nitrogen and oxygen atoms in total. The second-order valence-electron chi connectivity index (χ2n) is 7.18. The van der Waals surface area contributed by atoms with Crippen molar-refractivity contribution in [1.82, 2.24) is 30.9 Å². The smallest absolute Gasteiger partial charge is 0.241 e. The summed E-state index contributed by atoms with van der Waals surface area (Å²) < 4.78 is 5.40. The number of hydrogen-bond donors (Lipinski definition) is 2. The maximum atomic E-state index is 12.8. The van der Waals surface area contributed by atoms with E-state index in [1.165, 1.54) is 5.56 Å². The van der Waals surface area contributed by atoms with Gasteiger partial charge in [-0.2, -0.15) is 4.98 Å². The Morgan fingerprint density at radius 2 is 1.96 bits per heavy atom. The number of hydrogen-bond acceptors (Lipinski definition) is 7. The summed E-state index contributed by atoms with van der Waals surface area (Å²) in [5.41, 5.74) is 8.36. The molecule has 28 heavy (non-hydrogen) atoms. The summed E-state index contributed by atoms with van der Waals surface area (Å²) in [5.74, 6) is 1.29. The molecule has 2 aliphatic heterocycles. The van der Waals surface area contributed by atoms with Gasteiger partial charge in [0.1, 0.15) is 6.04 Å². The summed E-state index contributed by atoms with van der Waals surface area (Å²) in [6.45, 7) is 1.20. The van der Waals surface area contributed by atoms with Crippen molar-refractivity contribution < 1.29 is 9.32 Å². The molecule has 3 aromatic rings. The number of rotatable bonds is 4. The number of carbonyl (C=O) groups excluding carboxylic acids is 1. The zero-order valence-electron chi connectivity index (χ0n) is 15.2. The van der Waals surface area contributed by atoms with E-state index in [0.717, 1.165) is 12.0 Å². The van der Waals surface area contributed by atoms with E-state index in [4.69, 9.17) is 4.52 Å². The Bertz CT molecular complexity index is 955. The molecule has 0 bridgehead atoms. The first-order chi connectivity index (χ1) is 13.8. The van der Waals surface area contributed by atoms with Gasteiger partial charge in [0, 0.05) is 37.1 Å². The lowest BCUT2D eigenvalue weighted by atomic mass is 9.96. The van der Waals surface area contributed by atoms with E-state index in [1.807, 2.05) is 35.2 Å². The van der Waals surface area contributed by atoms with E-state index in [0.29, 0.717) is 24.8 Å². The number of likely N-dealkylation sites (tertiary alicyclic amines) is 1. The predicted molar refractivity (Wildman–Crippen MR) is 101 cm³/mol. The minimum absolute atomic E-state index is 0.0844. The fourth-order valence-electron chi connectivity index (χ4n) is 3.67. The monoisotopic (exact) mass is 376 g/mol. The highest BCUT2D eigenvalue weighted by molar-refractivity contribution is 5.83. The van der Waals surface area contributed by atoms with Crippen LogP contribution in [0.4, 0.5) is 0 Å². The molecule has 1 amide bonds. The third-order valence-corrected chi connectivity index (χ3v) is 5.31. The summed E-state index contributed by atoms with van der Waals surface area (Å²) in [5, 5.41) is 4.03. The maximum Gasteiger partial charge on any atom is 0.241 e. The van der Waals surface area contributed by atoms with Gasteiger partial charge < -0.3 is 9.42 Å². The molecule has 4 heterocycles. The lowest BCUT2D eigenvalue weighted by Crippen LogP contribution is -2.54. The van der Waals surface area contributed by atoms with Gasteiger partial charge in [-0.25, -0.2) is 10.9 Å². The Kier molecular flexibility index (Phi) is 4.34. The Balaban J connectivity index is 1.17. The fraction of sp³-hybridized carbons (Fsp3) is 0.300. The lowest BCUT2D eigenvalue weighted by Gasteiger charge is -2.38. The van der Waals surface area contributed by atoms with Crippen molar-refractivity contribution in [3.8, 4) is 11.4 Å². The highest BCUT2D eigenvalue weighted by atomic mass is 16.5. The van der Waals surface area contributed by atoms with E-state index >= 15 is 0 Å². The van der Waals surface area contributed by atoms with Gasteiger partial charge in [0.05, 0.1) is 5.92 Å². The van der Waals surface area contributed by atoms with E-state index in [1.54, 1.807) is 12.4 Å². The van der Waals surface area contributed by atoms with Gasteiger partial charge in [0.2, 0.25) is 17.6 Å². The molecular weight excluding hydrogens is 356 g/mol. The van der Waals surface area contributed by atoms with Gasteiger partial charge in [0.25, 0.3) is 0 Å².